The fraction of sp³-hybridized carbons (Fsp3) is 0.250. The number of benzene rings is 2. The number of primary sulfonamides is 1. The van der Waals surface area contributed by atoms with Gasteiger partial charge in [0.2, 0.25) is 15.9 Å². The zero-order valence-electron chi connectivity index (χ0n) is 15.9. The average molecular weight is 494 g/mol. The summed E-state index contributed by atoms with van der Waals surface area (Å²) >= 11 is 3.29. The molecule has 3 amide bonds. The summed E-state index contributed by atoms with van der Waals surface area (Å²) in [4.78, 5) is 38.0. The van der Waals surface area contributed by atoms with Gasteiger partial charge >= 0.3 is 0 Å². The number of halogens is 1. The molecular formula is C20H20BrN3O5S. The highest BCUT2D eigenvalue weighted by Gasteiger charge is 2.35. The predicted octanol–water partition coefficient (Wildman–Crippen LogP) is 1.83. The van der Waals surface area contributed by atoms with E-state index in [1.54, 1.807) is 30.3 Å². The second-order valence-corrected chi connectivity index (χ2v) is 9.32. The maximum atomic E-state index is 12.4. The van der Waals surface area contributed by atoms with Gasteiger partial charge in [0.05, 0.1) is 16.0 Å². The number of imide groups is 1. The summed E-state index contributed by atoms with van der Waals surface area (Å²) < 4.78 is 23.2. The molecule has 0 radical (unpaired) electrons. The number of hydrogen-bond donors (Lipinski definition) is 2. The quantitative estimate of drug-likeness (QED) is 0.542. The van der Waals surface area contributed by atoms with Gasteiger partial charge in [0.25, 0.3) is 11.8 Å². The van der Waals surface area contributed by atoms with Gasteiger partial charge in [0.1, 0.15) is 0 Å². The number of hydrogen-bond acceptors (Lipinski definition) is 5. The van der Waals surface area contributed by atoms with Gasteiger partial charge in [0.15, 0.2) is 0 Å². The molecule has 1 aliphatic rings. The Morgan fingerprint density at radius 2 is 1.70 bits per heavy atom. The number of rotatable bonds is 8. The predicted molar refractivity (Wildman–Crippen MR) is 113 cm³/mol. The molecule has 8 nitrogen and oxygen atoms in total. The summed E-state index contributed by atoms with van der Waals surface area (Å²) in [6.07, 6.45) is 1.08. The van der Waals surface area contributed by atoms with Crippen molar-refractivity contribution in [2.45, 2.75) is 24.2 Å². The van der Waals surface area contributed by atoms with Crippen molar-refractivity contribution in [1.29, 1.82) is 0 Å². The second-order valence-electron chi connectivity index (χ2n) is 6.84. The first kappa shape index (κ1) is 22.1. The minimum atomic E-state index is -3.72. The summed E-state index contributed by atoms with van der Waals surface area (Å²) in [7, 11) is -3.72. The molecule has 30 heavy (non-hydrogen) atoms. The van der Waals surface area contributed by atoms with E-state index in [4.69, 9.17) is 5.14 Å². The van der Waals surface area contributed by atoms with Gasteiger partial charge in [-0.3, -0.25) is 19.3 Å². The van der Waals surface area contributed by atoms with Crippen LogP contribution in [0.15, 0.2) is 51.8 Å². The molecule has 2 aromatic carbocycles. The van der Waals surface area contributed by atoms with Crippen molar-refractivity contribution in [3.8, 4) is 0 Å². The molecule has 0 atom stereocenters. The van der Waals surface area contributed by atoms with Gasteiger partial charge in [0, 0.05) is 24.0 Å². The number of sulfonamides is 1. The van der Waals surface area contributed by atoms with E-state index in [0.29, 0.717) is 30.5 Å². The van der Waals surface area contributed by atoms with Gasteiger partial charge in [-0.25, -0.2) is 13.6 Å². The molecule has 0 aromatic heterocycles. The van der Waals surface area contributed by atoms with E-state index in [-0.39, 0.29) is 35.6 Å². The number of nitrogens with two attached hydrogens (primary N) is 1. The van der Waals surface area contributed by atoms with Gasteiger partial charge in [-0.1, -0.05) is 28.1 Å². The Hall–Kier alpha value is -2.56. The van der Waals surface area contributed by atoms with E-state index in [9.17, 15) is 22.8 Å². The average Bonchev–Trinajstić information content (AvgIpc) is 2.92. The zero-order chi connectivity index (χ0) is 21.9. The summed E-state index contributed by atoms with van der Waals surface area (Å²) in [5.41, 5.74) is 1.60. The highest BCUT2D eigenvalue weighted by atomic mass is 79.9. The minimum absolute atomic E-state index is 0.0378. The number of nitrogens with zero attached hydrogens (tertiary/aromatic N) is 1. The third-order valence-electron chi connectivity index (χ3n) is 4.71. The van der Waals surface area contributed by atoms with E-state index in [1.807, 2.05) is 0 Å². The lowest BCUT2D eigenvalue weighted by Crippen LogP contribution is -2.32. The van der Waals surface area contributed by atoms with E-state index in [1.165, 1.54) is 12.1 Å². The van der Waals surface area contributed by atoms with Gasteiger partial charge in [-0.2, -0.15) is 0 Å². The summed E-state index contributed by atoms with van der Waals surface area (Å²) in [6, 6.07) is 11.1. The van der Waals surface area contributed by atoms with Crippen LogP contribution in [-0.4, -0.2) is 44.1 Å². The largest absolute Gasteiger partial charge is 0.356 e. The van der Waals surface area contributed by atoms with Crippen molar-refractivity contribution in [3.63, 3.8) is 0 Å². The Kier molecular flexibility index (Phi) is 6.69. The Morgan fingerprint density at radius 1 is 1.03 bits per heavy atom. The van der Waals surface area contributed by atoms with Crippen LogP contribution in [-0.2, 0) is 21.2 Å². The van der Waals surface area contributed by atoms with Gasteiger partial charge < -0.3 is 5.32 Å². The summed E-state index contributed by atoms with van der Waals surface area (Å²) in [5, 5.41) is 7.83. The van der Waals surface area contributed by atoms with Crippen molar-refractivity contribution in [2.75, 3.05) is 13.1 Å². The Labute approximate surface area is 182 Å². The number of amides is 3. The molecule has 0 saturated heterocycles. The Bertz CT molecular complexity index is 1100. The van der Waals surface area contributed by atoms with Gasteiger partial charge in [-0.15, -0.1) is 0 Å². The van der Waals surface area contributed by atoms with Crippen LogP contribution in [0.4, 0.5) is 0 Å². The third-order valence-corrected chi connectivity index (χ3v) is 6.13. The van der Waals surface area contributed by atoms with E-state index in [2.05, 4.69) is 21.2 Å². The topological polar surface area (TPSA) is 127 Å². The van der Waals surface area contributed by atoms with Crippen LogP contribution < -0.4 is 10.5 Å². The third kappa shape index (κ3) is 5.13. The van der Waals surface area contributed by atoms with E-state index < -0.39 is 10.0 Å². The van der Waals surface area contributed by atoms with E-state index in [0.717, 1.165) is 14.9 Å². The van der Waals surface area contributed by atoms with Crippen LogP contribution in [0.2, 0.25) is 0 Å². The molecule has 0 fully saturated rings. The number of nitrogens with one attached hydrogen (secondary N) is 1. The maximum absolute atomic E-state index is 12.4. The Morgan fingerprint density at radius 3 is 2.37 bits per heavy atom. The first-order chi connectivity index (χ1) is 14.2. The molecule has 0 bridgehead atoms. The molecule has 3 N–H and O–H groups in total. The lowest BCUT2D eigenvalue weighted by atomic mass is 10.1. The normalized spacial score (nSPS) is 13.5. The highest BCUT2D eigenvalue weighted by Crippen LogP contribution is 2.26. The molecule has 2 aromatic rings. The molecule has 0 saturated carbocycles. The second kappa shape index (κ2) is 9.07. The molecule has 10 heteroatoms. The fourth-order valence-electron chi connectivity index (χ4n) is 3.14. The maximum Gasteiger partial charge on any atom is 0.261 e. The van der Waals surface area contributed by atoms with Crippen LogP contribution in [0.25, 0.3) is 0 Å². The van der Waals surface area contributed by atoms with Crippen molar-refractivity contribution < 1.29 is 22.8 Å². The first-order valence-corrected chi connectivity index (χ1v) is 11.5. The number of carbonyl (C=O) groups excluding carboxylic acids is 3. The minimum Gasteiger partial charge on any atom is -0.356 e. The number of fused-ring (bicyclic) bond motifs is 1. The van der Waals surface area contributed by atoms with Gasteiger partial charge in [-0.05, 0) is 48.7 Å². The van der Waals surface area contributed by atoms with Crippen molar-refractivity contribution in [2.24, 2.45) is 5.14 Å². The summed E-state index contributed by atoms with van der Waals surface area (Å²) in [6.45, 7) is 0.557. The molecule has 1 aliphatic heterocycles. The van der Waals surface area contributed by atoms with Crippen LogP contribution in [0, 0.1) is 0 Å². The van der Waals surface area contributed by atoms with Crippen LogP contribution in [0.1, 0.15) is 39.1 Å². The smallest absolute Gasteiger partial charge is 0.261 e. The molecule has 0 spiro atoms. The molecule has 0 unspecified atom stereocenters. The van der Waals surface area contributed by atoms with Crippen LogP contribution in [0.5, 0.6) is 0 Å². The van der Waals surface area contributed by atoms with Crippen LogP contribution in [0.3, 0.4) is 0 Å². The SMILES string of the molecule is NS(=O)(=O)c1ccc(CCNC(=O)CCCN2C(=O)c3ccc(Br)cc3C2=O)cc1. The van der Waals surface area contributed by atoms with Crippen molar-refractivity contribution in [1.82, 2.24) is 10.2 Å². The Balaban J connectivity index is 1.41. The number of carbonyl (C=O) groups is 3. The molecule has 0 aliphatic carbocycles. The lowest BCUT2D eigenvalue weighted by molar-refractivity contribution is -0.121. The van der Waals surface area contributed by atoms with Crippen LogP contribution >= 0.6 is 15.9 Å². The standard InChI is InChI=1S/C20H20BrN3O5S/c21-14-5-8-16-17(12-14)20(27)24(19(16)26)11-1-2-18(25)23-10-9-13-3-6-15(7-4-13)30(22,28)29/h3-8,12H,1-2,9-11H2,(H,23,25)(H2,22,28,29). The highest BCUT2D eigenvalue weighted by molar-refractivity contribution is 9.10. The molecular weight excluding hydrogens is 474 g/mol. The monoisotopic (exact) mass is 493 g/mol. The van der Waals surface area contributed by atoms with Crippen molar-refractivity contribution in [3.05, 3.63) is 63.6 Å². The lowest BCUT2D eigenvalue weighted by Gasteiger charge is -2.13. The zero-order valence-corrected chi connectivity index (χ0v) is 18.3. The fourth-order valence-corrected chi connectivity index (χ4v) is 4.02. The summed E-state index contributed by atoms with van der Waals surface area (Å²) in [5.74, 6) is -0.874. The molecule has 158 valence electrons. The molecule has 1 heterocycles. The first-order valence-electron chi connectivity index (χ1n) is 9.21. The molecule has 3 rings (SSSR count). The van der Waals surface area contributed by atoms with E-state index >= 15 is 0 Å². The van der Waals surface area contributed by atoms with Crippen molar-refractivity contribution >= 4 is 43.7 Å².